The summed E-state index contributed by atoms with van der Waals surface area (Å²) in [5, 5.41) is 0.247. The van der Waals surface area contributed by atoms with Crippen LogP contribution in [-0.4, -0.2) is 46.0 Å². The first-order valence-electron chi connectivity index (χ1n) is 11.7. The van der Waals surface area contributed by atoms with Gasteiger partial charge < -0.3 is 9.15 Å². The number of Topliss-reactive ketones (excluding diaryl/α,β-unsaturated/α-hetero) is 1. The number of esters is 1. The number of nitrogens with zero attached hydrogens (tertiary/aromatic N) is 2. The monoisotopic (exact) mass is 664 g/mol. The molecule has 0 unspecified atom stereocenters. The second kappa shape index (κ2) is 11.8. The van der Waals surface area contributed by atoms with E-state index in [0.29, 0.717) is 15.0 Å². The molecule has 1 aromatic heterocycles. The predicted molar refractivity (Wildman–Crippen MR) is 154 cm³/mol. The first-order valence-corrected chi connectivity index (χ1v) is 13.6. The molecule has 9 nitrogen and oxygen atoms in total. The van der Waals surface area contributed by atoms with E-state index >= 15 is 0 Å². The lowest BCUT2D eigenvalue weighted by atomic mass is 10.1. The highest BCUT2D eigenvalue weighted by Crippen LogP contribution is 2.45. The molecule has 2 heterocycles. The first kappa shape index (κ1) is 29.6. The van der Waals surface area contributed by atoms with Gasteiger partial charge in [-0.05, 0) is 60.7 Å². The van der Waals surface area contributed by atoms with Gasteiger partial charge in [-0.15, -0.1) is 0 Å². The number of imide groups is 1. The smallest absolute Gasteiger partial charge is 0.379 e. The summed E-state index contributed by atoms with van der Waals surface area (Å²) in [5.41, 5.74) is -0.659. The Labute approximate surface area is 262 Å². The van der Waals surface area contributed by atoms with Crippen molar-refractivity contribution in [3.05, 3.63) is 120 Å². The number of hydrogen-bond donors (Lipinski definition) is 0. The fourth-order valence-corrected chi connectivity index (χ4v) is 5.16. The zero-order valence-electron chi connectivity index (χ0n) is 20.7. The minimum absolute atomic E-state index is 0.0113. The van der Waals surface area contributed by atoms with Crippen LogP contribution in [0.3, 0.4) is 0 Å². The number of benzene rings is 3. The lowest BCUT2D eigenvalue weighted by Gasteiger charge is -2.29. The van der Waals surface area contributed by atoms with Crippen LogP contribution in [0.1, 0.15) is 52.0 Å². The normalized spacial score (nSPS) is 12.4. The van der Waals surface area contributed by atoms with Crippen molar-refractivity contribution in [2.45, 2.75) is 0 Å². The average molecular weight is 667 g/mol. The molecule has 3 amide bonds. The molecule has 0 saturated heterocycles. The Morgan fingerprint density at radius 1 is 0.738 bits per heavy atom. The maximum atomic E-state index is 13.6. The number of ether oxygens (including phenoxy) is 1. The Hall–Kier alpha value is -3.86. The third-order valence-electron chi connectivity index (χ3n) is 6.05. The summed E-state index contributed by atoms with van der Waals surface area (Å²) in [6.07, 6.45) is 1.31. The maximum absolute atomic E-state index is 13.6. The van der Waals surface area contributed by atoms with Gasteiger partial charge in [0.05, 0.1) is 37.5 Å². The molecule has 0 N–H and O–H groups in total. The standard InChI is InChI=1S/C28H13Cl5N2O7/c29-15-7-3-14(4-8-15)25(37)34(35-26(38)19-20(27(35)39)22(31)24(33)23(32)21(19)30)12-17(36)13-5-9-16(10-6-13)42-28(40)18-2-1-11-41-18/h1-11H,12H2. The van der Waals surface area contributed by atoms with Crippen LogP contribution < -0.4 is 4.74 Å². The fraction of sp³-hybridized carbons (Fsp3) is 0.0357. The predicted octanol–water partition coefficient (Wildman–Crippen LogP) is 7.30. The van der Waals surface area contributed by atoms with Crippen molar-refractivity contribution in [1.29, 1.82) is 0 Å². The van der Waals surface area contributed by atoms with E-state index in [2.05, 4.69) is 0 Å². The summed E-state index contributed by atoms with van der Waals surface area (Å²) in [6, 6.07) is 13.9. The highest BCUT2D eigenvalue weighted by atomic mass is 35.5. The number of halogens is 5. The molecule has 4 aromatic rings. The quantitative estimate of drug-likeness (QED) is 0.0508. The van der Waals surface area contributed by atoms with Crippen LogP contribution >= 0.6 is 58.0 Å². The van der Waals surface area contributed by atoms with Crippen LogP contribution in [-0.2, 0) is 0 Å². The molecule has 0 spiro atoms. The number of carbonyl (C=O) groups excluding carboxylic acids is 5. The lowest BCUT2D eigenvalue weighted by Crippen LogP contribution is -2.51. The Balaban J connectivity index is 1.47. The van der Waals surface area contributed by atoms with Gasteiger partial charge in [0, 0.05) is 16.1 Å². The fourth-order valence-electron chi connectivity index (χ4n) is 4.02. The van der Waals surface area contributed by atoms with Gasteiger partial charge in [-0.3, -0.25) is 19.2 Å². The van der Waals surface area contributed by atoms with E-state index in [9.17, 15) is 24.0 Å². The molecule has 14 heteroatoms. The van der Waals surface area contributed by atoms with Gasteiger partial charge >= 0.3 is 5.97 Å². The molecule has 42 heavy (non-hydrogen) atoms. The van der Waals surface area contributed by atoms with E-state index in [4.69, 9.17) is 67.2 Å². The van der Waals surface area contributed by atoms with Crippen molar-refractivity contribution in [2.24, 2.45) is 0 Å². The molecule has 0 radical (unpaired) electrons. The number of ketones is 1. The van der Waals surface area contributed by atoms with Crippen LogP contribution in [0.2, 0.25) is 25.1 Å². The van der Waals surface area contributed by atoms with Gasteiger partial charge in [0.2, 0.25) is 5.76 Å². The lowest BCUT2D eigenvalue weighted by molar-refractivity contribution is 0.00532. The highest BCUT2D eigenvalue weighted by molar-refractivity contribution is 6.55. The molecule has 0 saturated carbocycles. The second-order valence-electron chi connectivity index (χ2n) is 8.61. The van der Waals surface area contributed by atoms with E-state index in [1.54, 1.807) is 0 Å². The maximum Gasteiger partial charge on any atom is 0.379 e. The summed E-state index contributed by atoms with van der Waals surface area (Å²) < 4.78 is 10.2. The molecule has 1 aliphatic heterocycles. The van der Waals surface area contributed by atoms with Gasteiger partial charge in [-0.2, -0.15) is 5.01 Å². The molecule has 1 aliphatic rings. The summed E-state index contributed by atoms with van der Waals surface area (Å²) in [7, 11) is 0. The topological polar surface area (TPSA) is 114 Å². The SMILES string of the molecule is O=C(CN(C(=O)c1ccc(Cl)cc1)N1C(=O)c2c(Cl)c(Cl)c(Cl)c(Cl)c2C1=O)c1ccc(OC(=O)c2ccco2)cc1. The Kier molecular flexibility index (Phi) is 8.32. The van der Waals surface area contributed by atoms with Crippen LogP contribution in [0.5, 0.6) is 5.75 Å². The Bertz CT molecular complexity index is 1730. The highest BCUT2D eigenvalue weighted by Gasteiger charge is 2.46. The van der Waals surface area contributed by atoms with Crippen molar-refractivity contribution in [2.75, 3.05) is 6.54 Å². The summed E-state index contributed by atoms with van der Waals surface area (Å²) in [5.74, 6) is -4.31. The van der Waals surface area contributed by atoms with E-state index in [1.807, 2.05) is 0 Å². The van der Waals surface area contributed by atoms with E-state index in [-0.39, 0.29) is 53.9 Å². The van der Waals surface area contributed by atoms with E-state index < -0.39 is 36.0 Å². The molecule has 212 valence electrons. The van der Waals surface area contributed by atoms with Crippen molar-refractivity contribution in [1.82, 2.24) is 10.0 Å². The van der Waals surface area contributed by atoms with Gasteiger partial charge in [-0.25, -0.2) is 9.80 Å². The number of hydrazine groups is 1. The molecule has 3 aromatic carbocycles. The minimum Gasteiger partial charge on any atom is -0.457 e. The van der Waals surface area contributed by atoms with Crippen molar-refractivity contribution in [3.8, 4) is 5.75 Å². The zero-order valence-corrected chi connectivity index (χ0v) is 24.5. The second-order valence-corrected chi connectivity index (χ2v) is 10.6. The first-order chi connectivity index (χ1) is 20.0. The van der Waals surface area contributed by atoms with E-state index in [1.165, 1.54) is 66.9 Å². The molecule has 0 bridgehead atoms. The van der Waals surface area contributed by atoms with Gasteiger partial charge in [0.1, 0.15) is 12.3 Å². The summed E-state index contributed by atoms with van der Waals surface area (Å²) >= 11 is 30.6. The number of fused-ring (bicyclic) bond motifs is 1. The average Bonchev–Trinajstić information content (AvgIpc) is 3.61. The van der Waals surface area contributed by atoms with Gasteiger partial charge in [0.25, 0.3) is 17.7 Å². The zero-order chi connectivity index (χ0) is 30.3. The van der Waals surface area contributed by atoms with Crippen LogP contribution in [0.4, 0.5) is 0 Å². The Morgan fingerprint density at radius 2 is 1.29 bits per heavy atom. The summed E-state index contributed by atoms with van der Waals surface area (Å²) in [4.78, 5) is 66.2. The van der Waals surface area contributed by atoms with Crippen LogP contribution in [0, 0.1) is 0 Å². The third-order valence-corrected chi connectivity index (χ3v) is 8.10. The Morgan fingerprint density at radius 3 is 1.81 bits per heavy atom. The molecule has 5 rings (SSSR count). The van der Waals surface area contributed by atoms with Crippen molar-refractivity contribution in [3.63, 3.8) is 0 Å². The van der Waals surface area contributed by atoms with Crippen molar-refractivity contribution >= 4 is 87.5 Å². The van der Waals surface area contributed by atoms with Crippen molar-refractivity contribution < 1.29 is 33.1 Å². The molecule has 0 atom stereocenters. The number of amides is 3. The molecule has 0 fully saturated rings. The molecular weight excluding hydrogens is 654 g/mol. The largest absolute Gasteiger partial charge is 0.457 e. The number of carbonyl (C=O) groups is 5. The third kappa shape index (κ3) is 5.37. The number of furan rings is 1. The van der Waals surface area contributed by atoms with E-state index in [0.717, 1.165) is 0 Å². The van der Waals surface area contributed by atoms with Gasteiger partial charge in [-0.1, -0.05) is 58.0 Å². The number of rotatable bonds is 7. The molecular formula is C28H13Cl5N2O7. The van der Waals surface area contributed by atoms with Crippen LogP contribution in [0.25, 0.3) is 0 Å². The van der Waals surface area contributed by atoms with Crippen LogP contribution in [0.15, 0.2) is 71.3 Å². The summed E-state index contributed by atoms with van der Waals surface area (Å²) in [6.45, 7) is -0.769. The molecule has 0 aliphatic carbocycles. The van der Waals surface area contributed by atoms with Gasteiger partial charge in [0.15, 0.2) is 5.78 Å². The number of hydrogen-bond acceptors (Lipinski definition) is 7. The minimum atomic E-state index is -1.05.